The molecule has 0 radical (unpaired) electrons. The van der Waals surface area contributed by atoms with Crippen LogP contribution in [0.15, 0.2) is 23.3 Å². The minimum Gasteiger partial charge on any atom is -0.299 e. The fourth-order valence-corrected chi connectivity index (χ4v) is 2.15. The van der Waals surface area contributed by atoms with Crippen LogP contribution in [0, 0.1) is 10.8 Å². The first-order valence-electron chi connectivity index (χ1n) is 5.56. The van der Waals surface area contributed by atoms with E-state index in [-0.39, 0.29) is 11.6 Å². The smallest absolute Gasteiger partial charge is 0.143 e. The largest absolute Gasteiger partial charge is 0.299 e. The molecule has 2 heteroatoms. The summed E-state index contributed by atoms with van der Waals surface area (Å²) in [6.07, 6.45) is 3.87. The third kappa shape index (κ3) is 1.66. The van der Waals surface area contributed by atoms with Crippen LogP contribution in [0.4, 0.5) is 0 Å². The first-order chi connectivity index (χ1) is 7.14. The van der Waals surface area contributed by atoms with Gasteiger partial charge in [-0.1, -0.05) is 23.3 Å². The molecule has 0 saturated carbocycles. The molecule has 0 heterocycles. The van der Waals surface area contributed by atoms with E-state index in [1.807, 2.05) is 39.8 Å². The second-order valence-electron chi connectivity index (χ2n) is 5.17. The Balaban J connectivity index is 3.36. The van der Waals surface area contributed by atoms with Gasteiger partial charge in [0.15, 0.2) is 0 Å². The van der Waals surface area contributed by atoms with Crippen LogP contribution in [-0.2, 0) is 9.59 Å². The van der Waals surface area contributed by atoms with E-state index in [2.05, 4.69) is 0 Å². The van der Waals surface area contributed by atoms with Gasteiger partial charge < -0.3 is 0 Å². The Kier molecular flexibility index (Phi) is 2.97. The molecule has 1 aliphatic rings. The molecule has 0 aromatic rings. The Morgan fingerprint density at radius 2 is 1.12 bits per heavy atom. The monoisotopic (exact) mass is 220 g/mol. The normalized spacial score (nSPS) is 34.1. The van der Waals surface area contributed by atoms with Crippen LogP contribution in [-0.4, -0.2) is 11.6 Å². The predicted molar refractivity (Wildman–Crippen MR) is 65.1 cm³/mol. The molecule has 2 nitrogen and oxygen atoms in total. The van der Waals surface area contributed by atoms with E-state index in [4.69, 9.17) is 0 Å². The summed E-state index contributed by atoms with van der Waals surface area (Å²) in [5.41, 5.74) is 0.838. The number of carbonyl (C=O) groups excluding carboxylic acids is 2. The zero-order chi connectivity index (χ0) is 12.7. The Labute approximate surface area is 97.4 Å². The van der Waals surface area contributed by atoms with E-state index < -0.39 is 10.8 Å². The molecule has 0 fully saturated rings. The second-order valence-corrected chi connectivity index (χ2v) is 5.17. The molecule has 0 bridgehead atoms. The van der Waals surface area contributed by atoms with Gasteiger partial charge in [-0.15, -0.1) is 0 Å². The van der Waals surface area contributed by atoms with Crippen molar-refractivity contribution in [2.45, 2.75) is 41.5 Å². The molecule has 2 unspecified atom stereocenters. The third-order valence-electron chi connectivity index (χ3n) is 4.11. The zero-order valence-electron chi connectivity index (χ0n) is 11.0. The highest BCUT2D eigenvalue weighted by Crippen LogP contribution is 2.44. The van der Waals surface area contributed by atoms with E-state index in [1.165, 1.54) is 0 Å². The van der Waals surface area contributed by atoms with E-state index in [9.17, 15) is 9.59 Å². The van der Waals surface area contributed by atoms with Crippen molar-refractivity contribution in [2.75, 3.05) is 0 Å². The molecule has 0 aromatic carbocycles. The summed E-state index contributed by atoms with van der Waals surface area (Å²) < 4.78 is 0. The Morgan fingerprint density at radius 3 is 1.31 bits per heavy atom. The van der Waals surface area contributed by atoms with E-state index in [1.54, 1.807) is 13.8 Å². The number of rotatable bonds is 2. The van der Waals surface area contributed by atoms with Gasteiger partial charge in [0, 0.05) is 0 Å². The molecule has 0 amide bonds. The Hall–Kier alpha value is -1.18. The lowest BCUT2D eigenvalue weighted by molar-refractivity contribution is -0.124. The Morgan fingerprint density at radius 1 is 0.875 bits per heavy atom. The van der Waals surface area contributed by atoms with Gasteiger partial charge >= 0.3 is 0 Å². The summed E-state index contributed by atoms with van der Waals surface area (Å²) in [6.45, 7) is 10.8. The van der Waals surface area contributed by atoms with Crippen LogP contribution in [0.3, 0.4) is 0 Å². The molecule has 0 N–H and O–H groups in total. The highest BCUT2D eigenvalue weighted by atomic mass is 16.1. The van der Waals surface area contributed by atoms with Crippen molar-refractivity contribution in [1.82, 2.24) is 0 Å². The van der Waals surface area contributed by atoms with Gasteiger partial charge in [0.1, 0.15) is 11.6 Å². The highest BCUT2D eigenvalue weighted by Gasteiger charge is 2.40. The summed E-state index contributed by atoms with van der Waals surface area (Å²) in [5, 5.41) is 0. The molecule has 0 aromatic heterocycles. The summed E-state index contributed by atoms with van der Waals surface area (Å²) in [4.78, 5) is 23.4. The minimum atomic E-state index is -0.543. The van der Waals surface area contributed by atoms with Crippen molar-refractivity contribution in [2.24, 2.45) is 10.8 Å². The number of allylic oxidation sites excluding steroid dienone is 4. The SMILES string of the molecule is CC(=O)C1(C)C=C(C)C(C)(C(C)=O)C=C1C. The van der Waals surface area contributed by atoms with Crippen molar-refractivity contribution in [1.29, 1.82) is 0 Å². The third-order valence-corrected chi connectivity index (χ3v) is 4.11. The maximum atomic E-state index is 11.7. The van der Waals surface area contributed by atoms with Crippen LogP contribution in [0.5, 0.6) is 0 Å². The summed E-state index contributed by atoms with van der Waals surface area (Å²) in [7, 11) is 0. The first kappa shape index (κ1) is 12.9. The quantitative estimate of drug-likeness (QED) is 0.670. The topological polar surface area (TPSA) is 34.1 Å². The van der Waals surface area contributed by atoms with Crippen LogP contribution in [0.2, 0.25) is 0 Å². The second kappa shape index (κ2) is 3.69. The standard InChI is InChI=1S/C14H20O2/c1-9-7-14(6,12(4)16)10(2)8-13(9,5)11(3)15/h7-8H,1-6H3. The molecular formula is C14H20O2. The molecule has 0 spiro atoms. The van der Waals surface area contributed by atoms with Gasteiger partial charge in [0.25, 0.3) is 0 Å². The van der Waals surface area contributed by atoms with Crippen molar-refractivity contribution in [3.8, 4) is 0 Å². The maximum absolute atomic E-state index is 11.7. The zero-order valence-corrected chi connectivity index (χ0v) is 11.0. The lowest BCUT2D eigenvalue weighted by Crippen LogP contribution is -2.35. The van der Waals surface area contributed by atoms with Gasteiger partial charge in [-0.3, -0.25) is 9.59 Å². The number of hydrogen-bond donors (Lipinski definition) is 0. The van der Waals surface area contributed by atoms with Crippen molar-refractivity contribution >= 4 is 11.6 Å². The van der Waals surface area contributed by atoms with E-state index in [0.717, 1.165) is 11.1 Å². The minimum absolute atomic E-state index is 0.117. The van der Waals surface area contributed by atoms with Gasteiger partial charge in [-0.25, -0.2) is 0 Å². The van der Waals surface area contributed by atoms with Gasteiger partial charge in [0.05, 0.1) is 10.8 Å². The maximum Gasteiger partial charge on any atom is 0.143 e. The molecule has 1 rings (SSSR count). The molecule has 1 aliphatic carbocycles. The number of hydrogen-bond acceptors (Lipinski definition) is 2. The predicted octanol–water partition coefficient (Wildman–Crippen LogP) is 3.08. The van der Waals surface area contributed by atoms with Crippen LogP contribution < -0.4 is 0 Å². The van der Waals surface area contributed by atoms with Gasteiger partial charge in [-0.05, 0) is 41.5 Å². The average Bonchev–Trinajstić information content (AvgIpc) is 2.14. The van der Waals surface area contributed by atoms with Gasteiger partial charge in [0.2, 0.25) is 0 Å². The number of ketones is 2. The summed E-state index contributed by atoms with van der Waals surface area (Å²) in [5.74, 6) is 0.234. The summed E-state index contributed by atoms with van der Waals surface area (Å²) in [6, 6.07) is 0. The number of carbonyl (C=O) groups is 2. The average molecular weight is 220 g/mol. The van der Waals surface area contributed by atoms with Crippen LogP contribution >= 0.6 is 0 Å². The van der Waals surface area contributed by atoms with E-state index in [0.29, 0.717) is 0 Å². The van der Waals surface area contributed by atoms with Crippen LogP contribution in [0.25, 0.3) is 0 Å². The molecule has 0 aliphatic heterocycles. The van der Waals surface area contributed by atoms with Crippen molar-refractivity contribution < 1.29 is 9.59 Å². The van der Waals surface area contributed by atoms with Crippen molar-refractivity contribution in [3.05, 3.63) is 23.3 Å². The van der Waals surface area contributed by atoms with E-state index >= 15 is 0 Å². The fraction of sp³-hybridized carbons (Fsp3) is 0.571. The van der Waals surface area contributed by atoms with Crippen LogP contribution in [0.1, 0.15) is 41.5 Å². The van der Waals surface area contributed by atoms with Crippen molar-refractivity contribution in [3.63, 3.8) is 0 Å². The molecule has 16 heavy (non-hydrogen) atoms. The lowest BCUT2D eigenvalue weighted by Gasteiger charge is -2.37. The fourth-order valence-electron chi connectivity index (χ4n) is 2.15. The molecule has 0 saturated heterocycles. The highest BCUT2D eigenvalue weighted by molar-refractivity contribution is 5.92. The first-order valence-corrected chi connectivity index (χ1v) is 5.56. The number of Topliss-reactive ketones (excluding diaryl/α,β-unsaturated/α-hetero) is 2. The summed E-state index contributed by atoms with van der Waals surface area (Å²) >= 11 is 0. The molecule has 2 atom stereocenters. The lowest BCUT2D eigenvalue weighted by atomic mass is 9.65. The van der Waals surface area contributed by atoms with Gasteiger partial charge in [-0.2, -0.15) is 0 Å². The molecular weight excluding hydrogens is 200 g/mol. The Bertz CT molecular complexity index is 374. The molecule has 88 valence electrons.